The molecule has 3 aromatic carbocycles. The molecule has 0 saturated heterocycles. The van der Waals surface area contributed by atoms with E-state index in [9.17, 15) is 9.18 Å². The number of hydrogen-bond acceptors (Lipinski definition) is 3. The number of rotatable bonds is 6. The Balaban J connectivity index is 1.63. The number of carbonyl (C=O) groups excluding carboxylic acids is 1. The van der Waals surface area contributed by atoms with E-state index in [0.717, 1.165) is 11.3 Å². The zero-order valence-corrected chi connectivity index (χ0v) is 15.4. The highest BCUT2D eigenvalue weighted by molar-refractivity contribution is 6.31. The molecule has 0 aliphatic heterocycles. The van der Waals surface area contributed by atoms with Gasteiger partial charge in [0.15, 0.2) is 0 Å². The Bertz CT molecular complexity index is 945. The van der Waals surface area contributed by atoms with E-state index in [-0.39, 0.29) is 11.7 Å². The minimum atomic E-state index is -0.367. The van der Waals surface area contributed by atoms with Gasteiger partial charge >= 0.3 is 0 Å². The molecule has 2 N–H and O–H groups in total. The molecule has 0 saturated carbocycles. The molecule has 6 heteroatoms. The van der Waals surface area contributed by atoms with Crippen molar-refractivity contribution in [1.29, 1.82) is 0 Å². The van der Waals surface area contributed by atoms with Crippen LogP contribution in [0.3, 0.4) is 0 Å². The van der Waals surface area contributed by atoms with Crippen molar-refractivity contribution >= 4 is 28.9 Å². The number of anilines is 2. The van der Waals surface area contributed by atoms with Crippen LogP contribution < -0.4 is 15.4 Å². The van der Waals surface area contributed by atoms with Crippen LogP contribution in [-0.2, 0) is 6.54 Å². The zero-order valence-electron chi connectivity index (χ0n) is 14.6. The number of nitrogens with one attached hydrogen (secondary N) is 2. The predicted molar refractivity (Wildman–Crippen MR) is 106 cm³/mol. The van der Waals surface area contributed by atoms with Gasteiger partial charge < -0.3 is 15.4 Å². The van der Waals surface area contributed by atoms with E-state index < -0.39 is 0 Å². The molecule has 0 aromatic heterocycles. The molecule has 0 fully saturated rings. The Morgan fingerprint density at radius 2 is 1.81 bits per heavy atom. The molecule has 27 heavy (non-hydrogen) atoms. The molecule has 0 spiro atoms. The van der Waals surface area contributed by atoms with Crippen molar-refractivity contribution in [3.63, 3.8) is 0 Å². The smallest absolute Gasteiger partial charge is 0.255 e. The van der Waals surface area contributed by atoms with Crippen LogP contribution in [0.2, 0.25) is 5.02 Å². The number of methoxy groups -OCH3 is 1. The number of para-hydroxylation sites is 2. The minimum Gasteiger partial charge on any atom is -0.495 e. The van der Waals surface area contributed by atoms with Gasteiger partial charge in [0, 0.05) is 22.8 Å². The number of carbonyl (C=O) groups is 1. The summed E-state index contributed by atoms with van der Waals surface area (Å²) in [7, 11) is 1.55. The first-order valence-corrected chi connectivity index (χ1v) is 8.67. The first-order chi connectivity index (χ1) is 13.1. The van der Waals surface area contributed by atoms with E-state index in [1.165, 1.54) is 12.1 Å². The van der Waals surface area contributed by atoms with Crippen molar-refractivity contribution in [3.05, 3.63) is 88.7 Å². The van der Waals surface area contributed by atoms with Crippen molar-refractivity contribution < 1.29 is 13.9 Å². The molecule has 0 heterocycles. The Morgan fingerprint density at radius 1 is 1.07 bits per heavy atom. The molecule has 0 aliphatic carbocycles. The van der Waals surface area contributed by atoms with E-state index in [4.69, 9.17) is 16.3 Å². The standard InChI is InChI=1S/C21H18ClFN2O2/c1-27-20-5-3-2-4-19(20)25-21(26)14-7-10-17(11-8-14)24-13-15-6-9-16(23)12-18(15)22/h2-12,24H,13H2,1H3,(H,25,26). The van der Waals surface area contributed by atoms with Crippen LogP contribution in [0.1, 0.15) is 15.9 Å². The molecule has 138 valence electrons. The third-order valence-corrected chi connectivity index (χ3v) is 4.35. The van der Waals surface area contributed by atoms with Crippen LogP contribution in [0.4, 0.5) is 15.8 Å². The summed E-state index contributed by atoms with van der Waals surface area (Å²) >= 11 is 6.02. The van der Waals surface area contributed by atoms with E-state index >= 15 is 0 Å². The summed E-state index contributed by atoms with van der Waals surface area (Å²) in [4.78, 5) is 12.4. The molecular formula is C21H18ClFN2O2. The number of halogens is 2. The average Bonchev–Trinajstić information content (AvgIpc) is 2.68. The van der Waals surface area contributed by atoms with Gasteiger partial charge in [0.25, 0.3) is 5.91 Å². The van der Waals surface area contributed by atoms with Crippen LogP contribution in [-0.4, -0.2) is 13.0 Å². The van der Waals surface area contributed by atoms with Crippen molar-refractivity contribution in [2.24, 2.45) is 0 Å². The van der Waals surface area contributed by atoms with Gasteiger partial charge in [-0.15, -0.1) is 0 Å². The predicted octanol–water partition coefficient (Wildman–Crippen LogP) is 5.35. The Morgan fingerprint density at radius 3 is 2.52 bits per heavy atom. The number of amides is 1. The Labute approximate surface area is 161 Å². The first-order valence-electron chi connectivity index (χ1n) is 8.29. The van der Waals surface area contributed by atoms with Gasteiger partial charge in [-0.05, 0) is 54.1 Å². The summed E-state index contributed by atoms with van der Waals surface area (Å²) in [5.41, 5.74) is 2.74. The molecular weight excluding hydrogens is 367 g/mol. The summed E-state index contributed by atoms with van der Waals surface area (Å²) in [5.74, 6) is 0.00195. The average molecular weight is 385 g/mol. The van der Waals surface area contributed by atoms with Crippen molar-refractivity contribution in [2.75, 3.05) is 17.7 Å². The topological polar surface area (TPSA) is 50.4 Å². The van der Waals surface area contributed by atoms with Gasteiger partial charge in [-0.2, -0.15) is 0 Å². The van der Waals surface area contributed by atoms with Crippen molar-refractivity contribution in [3.8, 4) is 5.75 Å². The number of ether oxygens (including phenoxy) is 1. The maximum Gasteiger partial charge on any atom is 0.255 e. The second-order valence-electron chi connectivity index (χ2n) is 5.82. The van der Waals surface area contributed by atoms with Crippen LogP contribution in [0.5, 0.6) is 5.75 Å². The molecule has 0 bridgehead atoms. The normalized spacial score (nSPS) is 10.3. The second kappa shape index (κ2) is 8.56. The maximum absolute atomic E-state index is 13.1. The quantitative estimate of drug-likeness (QED) is 0.602. The first kappa shape index (κ1) is 18.7. The minimum absolute atomic E-state index is 0.229. The molecule has 0 atom stereocenters. The van der Waals surface area contributed by atoms with Gasteiger partial charge in [0.1, 0.15) is 11.6 Å². The lowest BCUT2D eigenvalue weighted by molar-refractivity contribution is 0.102. The molecule has 3 rings (SSSR count). The molecule has 1 amide bonds. The summed E-state index contributed by atoms with van der Waals surface area (Å²) in [6.45, 7) is 0.450. The lowest BCUT2D eigenvalue weighted by Gasteiger charge is -2.11. The van der Waals surface area contributed by atoms with Crippen LogP contribution >= 0.6 is 11.6 Å². The van der Waals surface area contributed by atoms with E-state index in [0.29, 0.717) is 28.6 Å². The lowest BCUT2D eigenvalue weighted by Crippen LogP contribution is -2.12. The zero-order chi connectivity index (χ0) is 19.2. The van der Waals surface area contributed by atoms with Crippen LogP contribution in [0, 0.1) is 5.82 Å². The summed E-state index contributed by atoms with van der Waals surface area (Å²) in [5, 5.41) is 6.40. The fraction of sp³-hybridized carbons (Fsp3) is 0.0952. The molecule has 3 aromatic rings. The van der Waals surface area contributed by atoms with E-state index in [2.05, 4.69) is 10.6 Å². The fourth-order valence-electron chi connectivity index (χ4n) is 2.54. The van der Waals surface area contributed by atoms with Gasteiger partial charge in [0.05, 0.1) is 12.8 Å². The molecule has 0 radical (unpaired) electrons. The summed E-state index contributed by atoms with van der Waals surface area (Å²) in [6, 6.07) is 18.6. The Kier molecular flexibility index (Phi) is 5.94. The largest absolute Gasteiger partial charge is 0.495 e. The summed E-state index contributed by atoms with van der Waals surface area (Å²) < 4.78 is 18.3. The monoisotopic (exact) mass is 384 g/mol. The maximum atomic E-state index is 13.1. The molecule has 4 nitrogen and oxygen atoms in total. The molecule has 0 aliphatic rings. The van der Waals surface area contributed by atoms with E-state index in [1.54, 1.807) is 49.6 Å². The van der Waals surface area contributed by atoms with Crippen molar-refractivity contribution in [2.45, 2.75) is 6.54 Å². The Hall–Kier alpha value is -3.05. The highest BCUT2D eigenvalue weighted by Crippen LogP contribution is 2.24. The van der Waals surface area contributed by atoms with Crippen molar-refractivity contribution in [1.82, 2.24) is 0 Å². The van der Waals surface area contributed by atoms with Crippen LogP contribution in [0.15, 0.2) is 66.7 Å². The van der Waals surface area contributed by atoms with E-state index in [1.807, 2.05) is 12.1 Å². The summed E-state index contributed by atoms with van der Waals surface area (Å²) in [6.07, 6.45) is 0. The molecule has 0 unspecified atom stereocenters. The number of benzene rings is 3. The van der Waals surface area contributed by atoms with Gasteiger partial charge in [-0.1, -0.05) is 29.8 Å². The van der Waals surface area contributed by atoms with Gasteiger partial charge in [-0.25, -0.2) is 4.39 Å². The third-order valence-electron chi connectivity index (χ3n) is 4.00. The SMILES string of the molecule is COc1ccccc1NC(=O)c1ccc(NCc2ccc(F)cc2Cl)cc1. The number of hydrogen-bond donors (Lipinski definition) is 2. The lowest BCUT2D eigenvalue weighted by atomic mass is 10.1. The fourth-order valence-corrected chi connectivity index (χ4v) is 2.78. The third kappa shape index (κ3) is 4.77. The van der Waals surface area contributed by atoms with Crippen LogP contribution in [0.25, 0.3) is 0 Å². The van der Waals surface area contributed by atoms with Gasteiger partial charge in [-0.3, -0.25) is 4.79 Å². The van der Waals surface area contributed by atoms with Gasteiger partial charge in [0.2, 0.25) is 0 Å². The highest BCUT2D eigenvalue weighted by atomic mass is 35.5. The second-order valence-corrected chi connectivity index (χ2v) is 6.23. The highest BCUT2D eigenvalue weighted by Gasteiger charge is 2.09.